The normalized spacial score (nSPS) is 17.6. The summed E-state index contributed by atoms with van der Waals surface area (Å²) < 4.78 is 1.36. The zero-order valence-corrected chi connectivity index (χ0v) is 13.8. The molecular formula is C16H14ClN5O3. The Balaban J connectivity index is 1.69. The smallest absolute Gasteiger partial charge is 0.321 e. The molecule has 0 spiro atoms. The maximum atomic E-state index is 12.3. The Morgan fingerprint density at radius 2 is 2.28 bits per heavy atom. The molecule has 0 fully saturated rings. The predicted octanol–water partition coefficient (Wildman–Crippen LogP) is 1.08. The predicted molar refractivity (Wildman–Crippen MR) is 89.4 cm³/mol. The largest absolute Gasteiger partial charge is 0.480 e. The molecule has 128 valence electrons. The molecule has 9 heteroatoms. The van der Waals surface area contributed by atoms with Crippen molar-refractivity contribution in [1.82, 2.24) is 24.3 Å². The van der Waals surface area contributed by atoms with Crippen LogP contribution in [0.25, 0.3) is 5.65 Å². The van der Waals surface area contributed by atoms with Crippen LogP contribution in [-0.2, 0) is 24.3 Å². The molecule has 8 nitrogen and oxygen atoms in total. The van der Waals surface area contributed by atoms with E-state index in [9.17, 15) is 14.7 Å². The number of carboxylic acid groups (broad SMARTS) is 1. The third-order valence-corrected chi connectivity index (χ3v) is 4.55. The third-order valence-electron chi connectivity index (χ3n) is 4.32. The van der Waals surface area contributed by atoms with E-state index < -0.39 is 12.0 Å². The first-order valence-electron chi connectivity index (χ1n) is 7.67. The van der Waals surface area contributed by atoms with Gasteiger partial charge in [0.05, 0.1) is 28.4 Å². The lowest BCUT2D eigenvalue weighted by atomic mass is 10.0. The highest BCUT2D eigenvalue weighted by Gasteiger charge is 2.33. The van der Waals surface area contributed by atoms with Crippen LogP contribution >= 0.6 is 11.6 Å². The first-order valence-corrected chi connectivity index (χ1v) is 8.05. The van der Waals surface area contributed by atoms with Gasteiger partial charge in [0.25, 0.3) is 5.56 Å². The maximum absolute atomic E-state index is 12.3. The van der Waals surface area contributed by atoms with Gasteiger partial charge in [0.15, 0.2) is 0 Å². The number of nitrogens with zero attached hydrogens (tertiary/aromatic N) is 4. The van der Waals surface area contributed by atoms with Gasteiger partial charge in [0, 0.05) is 31.8 Å². The Morgan fingerprint density at radius 1 is 1.44 bits per heavy atom. The second-order valence-corrected chi connectivity index (χ2v) is 6.39. The highest BCUT2D eigenvalue weighted by molar-refractivity contribution is 6.30. The molecule has 4 rings (SSSR count). The zero-order chi connectivity index (χ0) is 17.6. The number of carboxylic acids is 1. The van der Waals surface area contributed by atoms with Gasteiger partial charge in [-0.15, -0.1) is 0 Å². The van der Waals surface area contributed by atoms with E-state index >= 15 is 0 Å². The van der Waals surface area contributed by atoms with Crippen LogP contribution in [0.15, 0.2) is 35.5 Å². The van der Waals surface area contributed by atoms with Crippen LogP contribution in [0.1, 0.15) is 17.1 Å². The number of aromatic amines is 1. The van der Waals surface area contributed by atoms with Crippen LogP contribution in [0.4, 0.5) is 0 Å². The van der Waals surface area contributed by atoms with Gasteiger partial charge in [-0.3, -0.25) is 18.9 Å². The number of hydrogen-bond donors (Lipinski definition) is 2. The summed E-state index contributed by atoms with van der Waals surface area (Å²) in [5, 5.41) is 9.97. The van der Waals surface area contributed by atoms with Crippen molar-refractivity contribution >= 4 is 23.2 Å². The number of aromatic nitrogens is 4. The monoisotopic (exact) mass is 359 g/mol. The van der Waals surface area contributed by atoms with Gasteiger partial charge < -0.3 is 10.1 Å². The van der Waals surface area contributed by atoms with Crippen molar-refractivity contribution < 1.29 is 9.90 Å². The summed E-state index contributed by atoms with van der Waals surface area (Å²) in [4.78, 5) is 37.3. The van der Waals surface area contributed by atoms with E-state index in [4.69, 9.17) is 11.6 Å². The van der Waals surface area contributed by atoms with Crippen LogP contribution < -0.4 is 5.56 Å². The zero-order valence-electron chi connectivity index (χ0n) is 13.0. The van der Waals surface area contributed by atoms with Crippen molar-refractivity contribution in [2.45, 2.75) is 25.6 Å². The highest BCUT2D eigenvalue weighted by Crippen LogP contribution is 2.22. The molecule has 0 saturated heterocycles. The average molecular weight is 360 g/mol. The molecule has 0 saturated carbocycles. The van der Waals surface area contributed by atoms with Gasteiger partial charge in [0.1, 0.15) is 11.7 Å². The molecule has 3 aromatic rings. The number of carbonyl (C=O) groups is 1. The number of imidazole rings is 1. The number of aliphatic carboxylic acids is 1. The summed E-state index contributed by atoms with van der Waals surface area (Å²) in [5.41, 5.74) is 2.39. The molecule has 0 amide bonds. The first kappa shape index (κ1) is 15.8. The molecule has 1 aliphatic rings. The van der Waals surface area contributed by atoms with E-state index in [2.05, 4.69) is 15.0 Å². The summed E-state index contributed by atoms with van der Waals surface area (Å²) in [6.07, 6.45) is 3.39. The summed E-state index contributed by atoms with van der Waals surface area (Å²) in [6, 6.07) is 4.02. The standard InChI is InChI=1S/C16H14ClN5O3/c17-9-1-2-14-20-10(3-15(23)22(14)5-9)6-21-7-12-11(18-8-19-12)4-13(21)16(24)25/h1-3,5,8,13H,4,6-7H2,(H,18,19)(H,24,25)/t13-/m0/s1. The lowest BCUT2D eigenvalue weighted by Gasteiger charge is -2.31. The van der Waals surface area contributed by atoms with Crippen molar-refractivity contribution in [2.75, 3.05) is 0 Å². The van der Waals surface area contributed by atoms with E-state index in [1.807, 2.05) is 0 Å². The topological polar surface area (TPSA) is 104 Å². The van der Waals surface area contributed by atoms with E-state index in [1.54, 1.807) is 23.4 Å². The van der Waals surface area contributed by atoms with Crippen molar-refractivity contribution in [3.8, 4) is 0 Å². The van der Waals surface area contributed by atoms with E-state index in [-0.39, 0.29) is 12.1 Å². The van der Waals surface area contributed by atoms with Crippen LogP contribution in [-0.4, -0.2) is 41.4 Å². The van der Waals surface area contributed by atoms with Crippen LogP contribution in [0.2, 0.25) is 5.02 Å². The minimum absolute atomic E-state index is 0.254. The van der Waals surface area contributed by atoms with E-state index in [0.717, 1.165) is 11.4 Å². The van der Waals surface area contributed by atoms with E-state index in [0.29, 0.717) is 29.3 Å². The number of H-pyrrole nitrogens is 1. The average Bonchev–Trinajstić information content (AvgIpc) is 3.02. The fourth-order valence-electron chi connectivity index (χ4n) is 3.11. The first-order chi connectivity index (χ1) is 12.0. The molecule has 3 aromatic heterocycles. The van der Waals surface area contributed by atoms with Gasteiger partial charge in [-0.2, -0.15) is 0 Å². The quantitative estimate of drug-likeness (QED) is 0.725. The van der Waals surface area contributed by atoms with Gasteiger partial charge in [0.2, 0.25) is 0 Å². The summed E-state index contributed by atoms with van der Waals surface area (Å²) in [7, 11) is 0. The highest BCUT2D eigenvalue weighted by atomic mass is 35.5. The minimum Gasteiger partial charge on any atom is -0.480 e. The Morgan fingerprint density at radius 3 is 3.08 bits per heavy atom. The van der Waals surface area contributed by atoms with Gasteiger partial charge in [-0.25, -0.2) is 9.97 Å². The summed E-state index contributed by atoms with van der Waals surface area (Å²) in [5.74, 6) is -0.919. The van der Waals surface area contributed by atoms with Crippen LogP contribution in [0, 0.1) is 0 Å². The Hall–Kier alpha value is -2.71. The number of hydrogen-bond acceptors (Lipinski definition) is 5. The molecule has 0 aliphatic carbocycles. The van der Waals surface area contributed by atoms with Crippen molar-refractivity contribution in [1.29, 1.82) is 0 Å². The number of halogens is 1. The molecule has 1 aliphatic heterocycles. The van der Waals surface area contributed by atoms with Crippen molar-refractivity contribution in [2.24, 2.45) is 0 Å². The SMILES string of the molecule is O=C(O)[C@@H]1Cc2nc[nH]c2CN1Cc1cc(=O)n2cc(Cl)ccc2n1. The number of fused-ring (bicyclic) bond motifs is 2. The Kier molecular flexibility index (Phi) is 3.78. The van der Waals surface area contributed by atoms with Gasteiger partial charge in [-0.1, -0.05) is 11.6 Å². The molecule has 2 N–H and O–H groups in total. The molecule has 0 unspecified atom stereocenters. The number of pyridine rings is 1. The molecule has 4 heterocycles. The fourth-order valence-corrected chi connectivity index (χ4v) is 3.27. The lowest BCUT2D eigenvalue weighted by Crippen LogP contribution is -2.45. The second-order valence-electron chi connectivity index (χ2n) is 5.95. The van der Waals surface area contributed by atoms with Crippen molar-refractivity contribution in [3.63, 3.8) is 0 Å². The minimum atomic E-state index is -0.919. The second kappa shape index (κ2) is 5.98. The maximum Gasteiger partial charge on any atom is 0.321 e. The molecule has 25 heavy (non-hydrogen) atoms. The molecule has 0 radical (unpaired) electrons. The number of nitrogens with one attached hydrogen (secondary N) is 1. The third kappa shape index (κ3) is 2.90. The van der Waals surface area contributed by atoms with Crippen molar-refractivity contribution in [3.05, 3.63) is 63.2 Å². The van der Waals surface area contributed by atoms with Gasteiger partial charge >= 0.3 is 5.97 Å². The summed E-state index contributed by atoms with van der Waals surface area (Å²) >= 11 is 5.91. The Labute approximate surface area is 146 Å². The van der Waals surface area contributed by atoms with Crippen LogP contribution in [0.3, 0.4) is 0 Å². The molecule has 1 atom stereocenters. The molecule has 0 bridgehead atoms. The van der Waals surface area contributed by atoms with E-state index in [1.165, 1.54) is 16.7 Å². The van der Waals surface area contributed by atoms with Gasteiger partial charge in [-0.05, 0) is 12.1 Å². The molecular weight excluding hydrogens is 346 g/mol. The summed E-state index contributed by atoms with van der Waals surface area (Å²) in [6.45, 7) is 0.664. The molecule has 0 aromatic carbocycles. The number of rotatable bonds is 3. The lowest BCUT2D eigenvalue weighted by molar-refractivity contribution is -0.144. The fraction of sp³-hybridized carbons (Fsp3) is 0.250. The Bertz CT molecular complexity index is 1030. The van der Waals surface area contributed by atoms with Crippen LogP contribution in [0.5, 0.6) is 0 Å².